The molecule has 1 aromatic rings. The Morgan fingerprint density at radius 2 is 2.19 bits per heavy atom. The highest BCUT2D eigenvalue weighted by Gasteiger charge is 2.19. The number of alkyl carbamates (subject to hydrolysis) is 1. The number of ether oxygens (including phenoxy) is 1. The largest absolute Gasteiger partial charge is 0.444 e. The van der Waals surface area contributed by atoms with Crippen molar-refractivity contribution in [3.8, 4) is 0 Å². The highest BCUT2D eigenvalue weighted by atomic mass is 35.5. The summed E-state index contributed by atoms with van der Waals surface area (Å²) in [5, 5.41) is 3.65. The number of carbonyl (C=O) groups excluding carboxylic acids is 1. The van der Waals surface area contributed by atoms with Crippen LogP contribution in [0.1, 0.15) is 31.9 Å². The molecule has 4 nitrogen and oxygen atoms in total. The van der Waals surface area contributed by atoms with E-state index < -0.39 is 5.60 Å². The second-order valence-corrected chi connectivity index (χ2v) is 6.74. The molecule has 0 aromatic heterocycles. The molecule has 2 rings (SSSR count). The maximum absolute atomic E-state index is 11.6. The van der Waals surface area contributed by atoms with Gasteiger partial charge >= 0.3 is 6.09 Å². The molecule has 0 unspecified atom stereocenters. The van der Waals surface area contributed by atoms with E-state index in [1.54, 1.807) is 0 Å². The van der Waals surface area contributed by atoms with Crippen molar-refractivity contribution in [3.05, 3.63) is 34.3 Å². The number of amides is 1. The van der Waals surface area contributed by atoms with E-state index in [-0.39, 0.29) is 6.09 Å². The molecule has 0 aliphatic carbocycles. The van der Waals surface area contributed by atoms with Crippen LogP contribution >= 0.6 is 11.6 Å². The van der Waals surface area contributed by atoms with Gasteiger partial charge in [-0.25, -0.2) is 4.79 Å². The summed E-state index contributed by atoms with van der Waals surface area (Å²) in [6, 6.07) is 6.05. The lowest BCUT2D eigenvalue weighted by atomic mass is 10.00. The molecular weight excluding hydrogens is 288 g/mol. The normalized spacial score (nSPS) is 15.4. The summed E-state index contributed by atoms with van der Waals surface area (Å²) in [6.07, 6.45) is 0.601. The number of rotatable bonds is 3. The SMILES string of the molecule is CC(C)(C)OC(=O)NCCN1CCc2c(Cl)cccc2C1. The number of benzene rings is 1. The number of nitrogens with one attached hydrogen (secondary N) is 1. The second-order valence-electron chi connectivity index (χ2n) is 6.33. The fraction of sp³-hybridized carbons (Fsp3) is 0.562. The molecule has 116 valence electrons. The Bertz CT molecular complexity index is 511. The minimum Gasteiger partial charge on any atom is -0.444 e. The summed E-state index contributed by atoms with van der Waals surface area (Å²) in [7, 11) is 0. The van der Waals surface area contributed by atoms with E-state index in [4.69, 9.17) is 16.3 Å². The summed E-state index contributed by atoms with van der Waals surface area (Å²) in [4.78, 5) is 13.9. The van der Waals surface area contributed by atoms with Gasteiger partial charge in [0.25, 0.3) is 0 Å². The first-order valence-corrected chi connectivity index (χ1v) is 7.68. The van der Waals surface area contributed by atoms with Crippen molar-refractivity contribution < 1.29 is 9.53 Å². The van der Waals surface area contributed by atoms with E-state index in [0.29, 0.717) is 6.54 Å². The zero-order valence-corrected chi connectivity index (χ0v) is 13.7. The molecule has 1 aliphatic heterocycles. The lowest BCUT2D eigenvalue weighted by Crippen LogP contribution is -2.39. The minimum absolute atomic E-state index is 0.358. The average molecular weight is 311 g/mol. The van der Waals surface area contributed by atoms with Crippen LogP contribution in [0.3, 0.4) is 0 Å². The first-order valence-electron chi connectivity index (χ1n) is 7.30. The van der Waals surface area contributed by atoms with Gasteiger partial charge in [-0.3, -0.25) is 4.90 Å². The Labute approximate surface area is 131 Å². The number of hydrogen-bond acceptors (Lipinski definition) is 3. The Kier molecular flexibility index (Phi) is 5.12. The molecule has 1 heterocycles. The van der Waals surface area contributed by atoms with Crippen molar-refractivity contribution >= 4 is 17.7 Å². The molecule has 5 heteroatoms. The Balaban J connectivity index is 1.77. The molecule has 0 radical (unpaired) electrons. The zero-order valence-electron chi connectivity index (χ0n) is 12.9. The molecular formula is C16H23ClN2O2. The topological polar surface area (TPSA) is 41.6 Å². The first kappa shape index (κ1) is 16.1. The van der Waals surface area contributed by atoms with Gasteiger partial charge < -0.3 is 10.1 Å². The molecule has 0 fully saturated rings. The van der Waals surface area contributed by atoms with Gasteiger partial charge in [0.05, 0.1) is 0 Å². The maximum atomic E-state index is 11.6. The van der Waals surface area contributed by atoms with Gasteiger partial charge in [-0.05, 0) is 44.4 Å². The lowest BCUT2D eigenvalue weighted by molar-refractivity contribution is 0.0521. The molecule has 0 saturated heterocycles. The van der Waals surface area contributed by atoms with Crippen molar-refractivity contribution in [1.82, 2.24) is 10.2 Å². The van der Waals surface area contributed by atoms with Crippen LogP contribution in [-0.2, 0) is 17.7 Å². The van der Waals surface area contributed by atoms with Crippen LogP contribution < -0.4 is 5.32 Å². The average Bonchev–Trinajstić information content (AvgIpc) is 2.36. The van der Waals surface area contributed by atoms with Crippen LogP contribution in [0.15, 0.2) is 18.2 Å². The van der Waals surface area contributed by atoms with E-state index in [9.17, 15) is 4.79 Å². The van der Waals surface area contributed by atoms with Crippen LogP contribution in [0, 0.1) is 0 Å². The van der Waals surface area contributed by atoms with E-state index in [2.05, 4.69) is 16.3 Å². The monoisotopic (exact) mass is 310 g/mol. The molecule has 0 saturated carbocycles. The number of carbonyl (C=O) groups is 1. The third kappa shape index (κ3) is 4.90. The molecule has 1 amide bonds. The summed E-state index contributed by atoms with van der Waals surface area (Å²) in [5.41, 5.74) is 2.09. The third-order valence-corrected chi connectivity index (χ3v) is 3.74. The van der Waals surface area contributed by atoms with Gasteiger partial charge in [0.1, 0.15) is 5.60 Å². The van der Waals surface area contributed by atoms with E-state index in [0.717, 1.165) is 31.1 Å². The van der Waals surface area contributed by atoms with Gasteiger partial charge in [0.2, 0.25) is 0 Å². The van der Waals surface area contributed by atoms with Crippen LogP contribution in [0.25, 0.3) is 0 Å². The van der Waals surface area contributed by atoms with Crippen molar-refractivity contribution in [1.29, 1.82) is 0 Å². The van der Waals surface area contributed by atoms with E-state index in [1.165, 1.54) is 11.1 Å². The van der Waals surface area contributed by atoms with Gasteiger partial charge in [-0.15, -0.1) is 0 Å². The third-order valence-electron chi connectivity index (χ3n) is 3.38. The quantitative estimate of drug-likeness (QED) is 0.932. The molecule has 21 heavy (non-hydrogen) atoms. The Morgan fingerprint density at radius 3 is 2.90 bits per heavy atom. The van der Waals surface area contributed by atoms with Crippen molar-refractivity contribution in [2.24, 2.45) is 0 Å². The standard InChI is InChI=1S/C16H23ClN2O2/c1-16(2,3)21-15(20)18-8-10-19-9-7-13-12(11-19)5-4-6-14(13)17/h4-6H,7-11H2,1-3H3,(H,18,20). The number of halogens is 1. The Hall–Kier alpha value is -1.26. The highest BCUT2D eigenvalue weighted by molar-refractivity contribution is 6.31. The smallest absolute Gasteiger partial charge is 0.407 e. The zero-order chi connectivity index (χ0) is 15.5. The summed E-state index contributed by atoms with van der Waals surface area (Å²) >= 11 is 6.21. The van der Waals surface area contributed by atoms with Crippen molar-refractivity contribution in [3.63, 3.8) is 0 Å². The molecule has 1 N–H and O–H groups in total. The Morgan fingerprint density at radius 1 is 1.43 bits per heavy atom. The highest BCUT2D eigenvalue weighted by Crippen LogP contribution is 2.25. The number of nitrogens with zero attached hydrogens (tertiary/aromatic N) is 1. The summed E-state index contributed by atoms with van der Waals surface area (Å²) in [6.45, 7) is 8.82. The first-order chi connectivity index (χ1) is 9.85. The number of hydrogen-bond donors (Lipinski definition) is 1. The van der Waals surface area contributed by atoms with Gasteiger partial charge in [-0.1, -0.05) is 23.7 Å². The molecule has 0 bridgehead atoms. The fourth-order valence-corrected chi connectivity index (χ4v) is 2.73. The summed E-state index contributed by atoms with van der Waals surface area (Å²) in [5.74, 6) is 0. The van der Waals surface area contributed by atoms with Crippen LogP contribution in [0.5, 0.6) is 0 Å². The molecule has 1 aliphatic rings. The van der Waals surface area contributed by atoms with Crippen LogP contribution in [0.4, 0.5) is 4.79 Å². The molecule has 1 aromatic carbocycles. The van der Waals surface area contributed by atoms with E-state index >= 15 is 0 Å². The lowest BCUT2D eigenvalue weighted by Gasteiger charge is -2.29. The maximum Gasteiger partial charge on any atom is 0.407 e. The van der Waals surface area contributed by atoms with Crippen LogP contribution in [-0.4, -0.2) is 36.2 Å². The minimum atomic E-state index is -0.453. The molecule has 0 atom stereocenters. The van der Waals surface area contributed by atoms with Crippen LogP contribution in [0.2, 0.25) is 5.02 Å². The van der Waals surface area contributed by atoms with Crippen molar-refractivity contribution in [2.45, 2.75) is 39.3 Å². The van der Waals surface area contributed by atoms with E-state index in [1.807, 2.05) is 32.9 Å². The van der Waals surface area contributed by atoms with Gasteiger partial charge in [-0.2, -0.15) is 0 Å². The van der Waals surface area contributed by atoms with Gasteiger partial charge in [0, 0.05) is 31.2 Å². The number of fused-ring (bicyclic) bond motifs is 1. The molecule has 0 spiro atoms. The second kappa shape index (κ2) is 6.67. The summed E-state index contributed by atoms with van der Waals surface area (Å²) < 4.78 is 5.21. The predicted octanol–water partition coefficient (Wildman–Crippen LogP) is 3.22. The van der Waals surface area contributed by atoms with Crippen molar-refractivity contribution in [2.75, 3.05) is 19.6 Å². The van der Waals surface area contributed by atoms with Gasteiger partial charge in [0.15, 0.2) is 0 Å². The predicted molar refractivity (Wildman–Crippen MR) is 84.7 cm³/mol. The fourth-order valence-electron chi connectivity index (χ4n) is 2.44.